The van der Waals surface area contributed by atoms with Crippen LogP contribution in [0.15, 0.2) is 18.2 Å². The van der Waals surface area contributed by atoms with Crippen LogP contribution < -0.4 is 10.1 Å². The van der Waals surface area contributed by atoms with Crippen LogP contribution in [-0.2, 0) is 0 Å². The Morgan fingerprint density at radius 2 is 2.00 bits per heavy atom. The second-order valence-corrected chi connectivity index (χ2v) is 4.84. The molecule has 1 N–H and O–H groups in total. The van der Waals surface area contributed by atoms with Gasteiger partial charge in [0.2, 0.25) is 11.2 Å². The van der Waals surface area contributed by atoms with Gasteiger partial charge in [-0.3, -0.25) is 0 Å². The lowest BCUT2D eigenvalue weighted by atomic mass is 10.1. The maximum Gasteiger partial charge on any atom is 0.322 e. The van der Waals surface area contributed by atoms with Crippen molar-refractivity contribution in [2.75, 3.05) is 11.9 Å². The predicted octanol–water partition coefficient (Wildman–Crippen LogP) is 3.67. The highest BCUT2D eigenvalue weighted by atomic mass is 35.5. The maximum atomic E-state index is 5.88. The van der Waals surface area contributed by atoms with Gasteiger partial charge >= 0.3 is 6.01 Å². The van der Waals surface area contributed by atoms with Gasteiger partial charge < -0.3 is 10.1 Å². The Balaban J connectivity index is 2.21. The van der Waals surface area contributed by atoms with E-state index in [2.05, 4.69) is 26.3 Å². The first-order chi connectivity index (χ1) is 9.58. The van der Waals surface area contributed by atoms with Gasteiger partial charge in [0.15, 0.2) is 0 Å². The standard InChI is InChI=1S/C14H17ClN4O/c1-4-7-20-14-18-12(15)17-13(19-14)16-11-6-5-9(2)8-10(11)3/h5-6,8H,4,7H2,1-3H3,(H,16,17,18,19). The lowest BCUT2D eigenvalue weighted by molar-refractivity contribution is 0.292. The van der Waals surface area contributed by atoms with Crippen molar-refractivity contribution >= 4 is 23.2 Å². The minimum atomic E-state index is 0.110. The molecule has 0 spiro atoms. The molecule has 1 heterocycles. The second-order valence-electron chi connectivity index (χ2n) is 4.50. The first kappa shape index (κ1) is 14.5. The molecule has 0 aliphatic carbocycles. The molecular weight excluding hydrogens is 276 g/mol. The van der Waals surface area contributed by atoms with Gasteiger partial charge in [-0.2, -0.15) is 15.0 Å². The summed E-state index contributed by atoms with van der Waals surface area (Å²) in [7, 11) is 0. The number of halogens is 1. The first-order valence-corrected chi connectivity index (χ1v) is 6.85. The fourth-order valence-electron chi connectivity index (χ4n) is 1.72. The molecule has 106 valence electrons. The van der Waals surface area contributed by atoms with Crippen molar-refractivity contribution in [1.82, 2.24) is 15.0 Å². The van der Waals surface area contributed by atoms with Crippen LogP contribution >= 0.6 is 11.6 Å². The molecule has 0 aliphatic heterocycles. The third-order valence-corrected chi connectivity index (χ3v) is 2.82. The maximum absolute atomic E-state index is 5.88. The predicted molar refractivity (Wildman–Crippen MR) is 79.8 cm³/mol. The van der Waals surface area contributed by atoms with E-state index in [1.807, 2.05) is 32.9 Å². The minimum absolute atomic E-state index is 0.110. The van der Waals surface area contributed by atoms with E-state index < -0.39 is 0 Å². The summed E-state index contributed by atoms with van der Waals surface area (Å²) in [5.74, 6) is 0.378. The smallest absolute Gasteiger partial charge is 0.322 e. The molecule has 20 heavy (non-hydrogen) atoms. The van der Waals surface area contributed by atoms with E-state index in [1.165, 1.54) is 5.56 Å². The normalized spacial score (nSPS) is 10.4. The van der Waals surface area contributed by atoms with Gasteiger partial charge in [0, 0.05) is 5.69 Å². The molecule has 0 saturated heterocycles. The molecule has 1 aromatic heterocycles. The second kappa shape index (κ2) is 6.52. The van der Waals surface area contributed by atoms with Crippen molar-refractivity contribution in [3.05, 3.63) is 34.6 Å². The molecule has 5 nitrogen and oxygen atoms in total. The van der Waals surface area contributed by atoms with Crippen LogP contribution in [0.4, 0.5) is 11.6 Å². The molecule has 0 atom stereocenters. The zero-order valence-corrected chi connectivity index (χ0v) is 12.5. The average molecular weight is 293 g/mol. The van der Waals surface area contributed by atoms with Crippen LogP contribution in [0.25, 0.3) is 0 Å². The van der Waals surface area contributed by atoms with Crippen molar-refractivity contribution in [2.45, 2.75) is 27.2 Å². The molecule has 0 radical (unpaired) electrons. The molecule has 0 unspecified atom stereocenters. The number of hydrogen-bond donors (Lipinski definition) is 1. The lowest BCUT2D eigenvalue weighted by Gasteiger charge is -2.10. The Kier molecular flexibility index (Phi) is 4.74. The molecule has 1 aromatic carbocycles. The number of anilines is 2. The Morgan fingerprint density at radius 3 is 2.70 bits per heavy atom. The monoisotopic (exact) mass is 292 g/mol. The van der Waals surface area contributed by atoms with Crippen molar-refractivity contribution in [1.29, 1.82) is 0 Å². The van der Waals surface area contributed by atoms with Crippen molar-refractivity contribution in [3.8, 4) is 6.01 Å². The lowest BCUT2D eigenvalue weighted by Crippen LogP contribution is -2.05. The largest absolute Gasteiger partial charge is 0.463 e. The molecule has 0 aliphatic rings. The van der Waals surface area contributed by atoms with Crippen LogP contribution in [0, 0.1) is 13.8 Å². The van der Waals surface area contributed by atoms with Gasteiger partial charge in [-0.1, -0.05) is 24.6 Å². The quantitative estimate of drug-likeness (QED) is 0.911. The number of rotatable bonds is 5. The van der Waals surface area contributed by atoms with Gasteiger partial charge in [0.1, 0.15) is 0 Å². The summed E-state index contributed by atoms with van der Waals surface area (Å²) < 4.78 is 5.38. The van der Waals surface area contributed by atoms with E-state index in [1.54, 1.807) is 0 Å². The Morgan fingerprint density at radius 1 is 1.20 bits per heavy atom. The van der Waals surface area contributed by atoms with E-state index in [0.29, 0.717) is 12.6 Å². The van der Waals surface area contributed by atoms with E-state index in [4.69, 9.17) is 16.3 Å². The number of benzene rings is 1. The summed E-state index contributed by atoms with van der Waals surface area (Å²) in [6.07, 6.45) is 0.878. The van der Waals surface area contributed by atoms with Crippen molar-refractivity contribution in [2.24, 2.45) is 0 Å². The summed E-state index contributed by atoms with van der Waals surface area (Å²) in [5.41, 5.74) is 3.24. The number of ether oxygens (including phenoxy) is 1. The summed E-state index contributed by atoms with van der Waals surface area (Å²) in [6.45, 7) is 6.63. The number of nitrogens with zero attached hydrogens (tertiary/aromatic N) is 3. The summed E-state index contributed by atoms with van der Waals surface area (Å²) in [6, 6.07) is 6.32. The highest BCUT2D eigenvalue weighted by molar-refractivity contribution is 6.28. The third-order valence-electron chi connectivity index (χ3n) is 2.65. The molecule has 2 aromatic rings. The van der Waals surface area contributed by atoms with Gasteiger partial charge in [0.05, 0.1) is 6.61 Å². The zero-order chi connectivity index (χ0) is 14.5. The molecule has 0 fully saturated rings. The van der Waals surface area contributed by atoms with Gasteiger partial charge in [-0.25, -0.2) is 0 Å². The molecule has 0 amide bonds. The minimum Gasteiger partial charge on any atom is -0.463 e. The molecule has 0 bridgehead atoms. The van der Waals surface area contributed by atoms with E-state index >= 15 is 0 Å². The van der Waals surface area contributed by atoms with Crippen LogP contribution in [-0.4, -0.2) is 21.6 Å². The highest BCUT2D eigenvalue weighted by Crippen LogP contribution is 2.21. The first-order valence-electron chi connectivity index (χ1n) is 6.47. The Labute approximate surface area is 123 Å². The zero-order valence-electron chi connectivity index (χ0n) is 11.8. The SMILES string of the molecule is CCCOc1nc(Cl)nc(Nc2ccc(C)cc2C)n1. The number of aromatic nitrogens is 3. The van der Waals surface area contributed by atoms with Crippen LogP contribution in [0.2, 0.25) is 5.28 Å². The fraction of sp³-hybridized carbons (Fsp3) is 0.357. The summed E-state index contributed by atoms with van der Waals surface area (Å²) in [5, 5.41) is 3.24. The molecular formula is C14H17ClN4O. The summed E-state index contributed by atoms with van der Waals surface area (Å²) >= 11 is 5.88. The van der Waals surface area contributed by atoms with E-state index in [9.17, 15) is 0 Å². The van der Waals surface area contributed by atoms with E-state index in [-0.39, 0.29) is 11.3 Å². The highest BCUT2D eigenvalue weighted by Gasteiger charge is 2.07. The topological polar surface area (TPSA) is 59.9 Å². The molecule has 0 saturated carbocycles. The molecule has 6 heteroatoms. The Hall–Kier alpha value is -1.88. The molecule has 2 rings (SSSR count). The fourth-order valence-corrected chi connectivity index (χ4v) is 1.87. The van der Waals surface area contributed by atoms with Crippen LogP contribution in [0.3, 0.4) is 0 Å². The number of nitrogens with one attached hydrogen (secondary N) is 1. The average Bonchev–Trinajstić information content (AvgIpc) is 2.39. The van der Waals surface area contributed by atoms with Crippen LogP contribution in [0.5, 0.6) is 6.01 Å². The van der Waals surface area contributed by atoms with Gasteiger partial charge in [-0.15, -0.1) is 0 Å². The number of hydrogen-bond acceptors (Lipinski definition) is 5. The third kappa shape index (κ3) is 3.81. The van der Waals surface area contributed by atoms with Gasteiger partial charge in [-0.05, 0) is 43.5 Å². The van der Waals surface area contributed by atoms with Crippen molar-refractivity contribution < 1.29 is 4.74 Å². The Bertz CT molecular complexity index is 604. The summed E-state index contributed by atoms with van der Waals surface area (Å²) in [4.78, 5) is 12.2. The van der Waals surface area contributed by atoms with Gasteiger partial charge in [0.25, 0.3) is 0 Å². The number of aryl methyl sites for hydroxylation is 2. The van der Waals surface area contributed by atoms with E-state index in [0.717, 1.165) is 17.7 Å². The van der Waals surface area contributed by atoms with Crippen LogP contribution in [0.1, 0.15) is 24.5 Å². The van der Waals surface area contributed by atoms with Crippen molar-refractivity contribution in [3.63, 3.8) is 0 Å².